The Bertz CT molecular complexity index is 663. The average Bonchev–Trinajstić information content (AvgIpc) is 2.84. The molecule has 0 fully saturated rings. The summed E-state index contributed by atoms with van der Waals surface area (Å²) in [7, 11) is 0. The molecule has 5 heteroatoms. The lowest BCUT2D eigenvalue weighted by Gasteiger charge is -2.32. The number of rotatable bonds is 1. The molecule has 0 spiro atoms. The van der Waals surface area contributed by atoms with Gasteiger partial charge in [-0.1, -0.05) is 0 Å². The molecular weight excluding hydrogens is 256 g/mol. The number of ether oxygens (including phenoxy) is 1. The number of nitriles is 1. The molecule has 0 saturated heterocycles. The normalized spacial score (nSPS) is 26.0. The Hall–Kier alpha value is -2.35. The number of carbonyl (C=O) groups is 1. The Morgan fingerprint density at radius 3 is 2.85 bits per heavy atom. The minimum atomic E-state index is -0.804. The molecule has 1 aliphatic carbocycles. The largest absolute Gasteiger partial charge is 0.466 e. The molecule has 5 nitrogen and oxygen atoms in total. The fourth-order valence-electron chi connectivity index (χ4n) is 2.86. The van der Waals surface area contributed by atoms with Gasteiger partial charge in [0.15, 0.2) is 5.78 Å². The van der Waals surface area contributed by atoms with E-state index >= 15 is 0 Å². The van der Waals surface area contributed by atoms with Crippen LogP contribution in [0.5, 0.6) is 0 Å². The van der Waals surface area contributed by atoms with Crippen molar-refractivity contribution < 1.29 is 13.9 Å². The van der Waals surface area contributed by atoms with Crippen molar-refractivity contribution in [3.63, 3.8) is 0 Å². The number of aryl methyl sites for hydroxylation is 1. The van der Waals surface area contributed by atoms with Gasteiger partial charge in [0.25, 0.3) is 0 Å². The number of hydrogen-bond acceptors (Lipinski definition) is 5. The van der Waals surface area contributed by atoms with Crippen LogP contribution in [0.3, 0.4) is 0 Å². The lowest BCUT2D eigenvalue weighted by molar-refractivity contribution is -0.116. The number of hydrogen-bond donors (Lipinski definition) is 1. The molecule has 2 unspecified atom stereocenters. The molecular formula is C15H14N2O3. The lowest BCUT2D eigenvalue weighted by Crippen LogP contribution is -2.34. The van der Waals surface area contributed by atoms with Gasteiger partial charge in [-0.05, 0) is 25.5 Å². The van der Waals surface area contributed by atoms with E-state index in [1.807, 2.05) is 6.92 Å². The molecule has 2 heterocycles. The molecule has 2 atom stereocenters. The molecule has 1 N–H and O–H groups in total. The number of nitrogens with one attached hydrogen (secondary N) is 1. The molecule has 3 rings (SSSR count). The first-order chi connectivity index (χ1) is 9.61. The first-order valence-corrected chi connectivity index (χ1v) is 6.60. The first-order valence-electron chi connectivity index (χ1n) is 6.60. The number of allylic oxidation sites excluding steroid dienone is 2. The van der Waals surface area contributed by atoms with Crippen LogP contribution in [-0.4, -0.2) is 11.7 Å². The number of Topliss-reactive ketones (excluding diaryl/α,β-unsaturated/α-hetero) is 1. The summed E-state index contributed by atoms with van der Waals surface area (Å²) in [6, 6.07) is 5.64. The van der Waals surface area contributed by atoms with Gasteiger partial charge < -0.3 is 9.15 Å². The van der Waals surface area contributed by atoms with E-state index in [1.165, 1.54) is 0 Å². The molecule has 0 radical (unpaired) electrons. The topological polar surface area (TPSA) is 87.1 Å². The molecule has 0 amide bonds. The van der Waals surface area contributed by atoms with E-state index in [4.69, 9.17) is 14.6 Å². The summed E-state index contributed by atoms with van der Waals surface area (Å²) in [5.41, 5.74) is 0.521. The predicted molar refractivity (Wildman–Crippen MR) is 70.0 cm³/mol. The van der Waals surface area contributed by atoms with Crippen LogP contribution in [0.1, 0.15) is 36.7 Å². The summed E-state index contributed by atoms with van der Waals surface area (Å²) in [5, 5.41) is 17.2. The van der Waals surface area contributed by atoms with Crippen LogP contribution < -0.4 is 0 Å². The standard InChI is InChI=1S/C15H14N2O3/c1-8-5-6-12(19-8)13-9(7-16)15(17)20-11-4-2-3-10(18)14(11)13/h5-6,9,13,17H,2-4H2,1H3. The highest BCUT2D eigenvalue weighted by Crippen LogP contribution is 2.43. The second kappa shape index (κ2) is 4.64. The Balaban J connectivity index is 2.16. The van der Waals surface area contributed by atoms with Gasteiger partial charge in [-0.3, -0.25) is 10.2 Å². The number of carbonyl (C=O) groups excluding carboxylic acids is 1. The molecule has 2 aliphatic rings. The van der Waals surface area contributed by atoms with Crippen LogP contribution in [0.25, 0.3) is 0 Å². The van der Waals surface area contributed by atoms with Gasteiger partial charge in [0.1, 0.15) is 23.2 Å². The third-order valence-electron chi connectivity index (χ3n) is 3.78. The van der Waals surface area contributed by atoms with Gasteiger partial charge >= 0.3 is 0 Å². The van der Waals surface area contributed by atoms with Crippen molar-refractivity contribution in [1.29, 1.82) is 10.7 Å². The summed E-state index contributed by atoms with van der Waals surface area (Å²) in [6.45, 7) is 1.81. The smallest absolute Gasteiger partial charge is 0.205 e. The molecule has 0 saturated carbocycles. The van der Waals surface area contributed by atoms with E-state index in [-0.39, 0.29) is 11.7 Å². The predicted octanol–water partition coefficient (Wildman–Crippen LogP) is 2.83. The van der Waals surface area contributed by atoms with Crippen LogP contribution in [0, 0.1) is 29.6 Å². The Morgan fingerprint density at radius 1 is 1.40 bits per heavy atom. The average molecular weight is 270 g/mol. The lowest BCUT2D eigenvalue weighted by atomic mass is 9.76. The van der Waals surface area contributed by atoms with E-state index < -0.39 is 11.8 Å². The van der Waals surface area contributed by atoms with Gasteiger partial charge in [0.05, 0.1) is 12.0 Å². The minimum Gasteiger partial charge on any atom is -0.466 e. The summed E-state index contributed by atoms with van der Waals surface area (Å²) in [4.78, 5) is 12.2. The van der Waals surface area contributed by atoms with Crippen molar-refractivity contribution in [2.75, 3.05) is 0 Å². The monoisotopic (exact) mass is 270 g/mol. The van der Waals surface area contributed by atoms with Crippen LogP contribution >= 0.6 is 0 Å². The van der Waals surface area contributed by atoms with E-state index in [2.05, 4.69) is 6.07 Å². The molecule has 102 valence electrons. The van der Waals surface area contributed by atoms with Crippen molar-refractivity contribution in [3.8, 4) is 6.07 Å². The molecule has 0 aromatic carbocycles. The van der Waals surface area contributed by atoms with Crippen LogP contribution in [0.15, 0.2) is 27.9 Å². The maximum atomic E-state index is 12.2. The van der Waals surface area contributed by atoms with Crippen LogP contribution in [0.4, 0.5) is 0 Å². The van der Waals surface area contributed by atoms with Crippen molar-refractivity contribution in [3.05, 3.63) is 35.0 Å². The summed E-state index contributed by atoms with van der Waals surface area (Å²) < 4.78 is 11.0. The number of furan rings is 1. The summed E-state index contributed by atoms with van der Waals surface area (Å²) in [6.07, 6.45) is 1.83. The van der Waals surface area contributed by atoms with Crippen molar-refractivity contribution in [2.24, 2.45) is 5.92 Å². The third-order valence-corrected chi connectivity index (χ3v) is 3.78. The Morgan fingerprint density at radius 2 is 2.20 bits per heavy atom. The number of ketones is 1. The van der Waals surface area contributed by atoms with E-state index in [1.54, 1.807) is 12.1 Å². The molecule has 1 aromatic heterocycles. The zero-order chi connectivity index (χ0) is 14.3. The van der Waals surface area contributed by atoms with Crippen LogP contribution in [0.2, 0.25) is 0 Å². The van der Waals surface area contributed by atoms with Gasteiger partial charge in [-0.25, -0.2) is 0 Å². The van der Waals surface area contributed by atoms with Gasteiger partial charge in [0.2, 0.25) is 5.90 Å². The zero-order valence-corrected chi connectivity index (χ0v) is 11.1. The third kappa shape index (κ3) is 1.85. The fraction of sp³-hybridized carbons (Fsp3) is 0.400. The number of nitrogens with zero attached hydrogens (tertiary/aromatic N) is 1. The highest BCUT2D eigenvalue weighted by atomic mass is 16.5. The SMILES string of the molecule is Cc1ccc(C2C3=C(CCCC3=O)OC(=N)C2C#N)o1. The van der Waals surface area contributed by atoms with Gasteiger partial charge in [-0.2, -0.15) is 5.26 Å². The van der Waals surface area contributed by atoms with Crippen molar-refractivity contribution in [2.45, 2.75) is 32.1 Å². The van der Waals surface area contributed by atoms with Crippen LogP contribution in [-0.2, 0) is 9.53 Å². The summed E-state index contributed by atoms with van der Waals surface area (Å²) >= 11 is 0. The molecule has 1 aromatic rings. The molecule has 20 heavy (non-hydrogen) atoms. The van der Waals surface area contributed by atoms with E-state index in [0.29, 0.717) is 29.9 Å². The Labute approximate surface area is 116 Å². The second-order valence-corrected chi connectivity index (χ2v) is 5.11. The minimum absolute atomic E-state index is 0.00180. The molecule has 0 bridgehead atoms. The first kappa shape index (κ1) is 12.7. The fourth-order valence-corrected chi connectivity index (χ4v) is 2.86. The summed E-state index contributed by atoms with van der Waals surface area (Å²) in [5.74, 6) is 0.402. The van der Waals surface area contributed by atoms with Gasteiger partial charge in [0, 0.05) is 18.4 Å². The van der Waals surface area contributed by atoms with Crippen molar-refractivity contribution in [1.82, 2.24) is 0 Å². The highest BCUT2D eigenvalue weighted by Gasteiger charge is 2.43. The Kier molecular flexibility index (Phi) is 2.94. The zero-order valence-electron chi connectivity index (χ0n) is 11.1. The quantitative estimate of drug-likeness (QED) is 0.850. The van der Waals surface area contributed by atoms with Gasteiger partial charge in [-0.15, -0.1) is 0 Å². The maximum absolute atomic E-state index is 12.2. The van der Waals surface area contributed by atoms with E-state index in [9.17, 15) is 10.1 Å². The van der Waals surface area contributed by atoms with Crippen molar-refractivity contribution >= 4 is 11.7 Å². The highest BCUT2D eigenvalue weighted by molar-refractivity contribution is 6.01. The second-order valence-electron chi connectivity index (χ2n) is 5.11. The maximum Gasteiger partial charge on any atom is 0.205 e. The molecule has 1 aliphatic heterocycles. The van der Waals surface area contributed by atoms with E-state index in [0.717, 1.165) is 12.2 Å².